The Balaban J connectivity index is 2.11. The molecule has 5 heteroatoms. The summed E-state index contributed by atoms with van der Waals surface area (Å²) < 4.78 is 5.79. The summed E-state index contributed by atoms with van der Waals surface area (Å²) in [5.74, 6) is -0.166. The zero-order valence-corrected chi connectivity index (χ0v) is 10.7. The molecule has 1 atom stereocenters. The highest BCUT2D eigenvalue weighted by molar-refractivity contribution is 7.10. The fraction of sp³-hybridized carbons (Fsp3) is 0.545. The van der Waals surface area contributed by atoms with Gasteiger partial charge in [-0.25, -0.2) is 0 Å². The monoisotopic (exact) mass is 259 g/mol. The molecule has 0 radical (unpaired) electrons. The third kappa shape index (κ3) is 2.24. The van der Waals surface area contributed by atoms with Crippen molar-refractivity contribution in [2.45, 2.75) is 18.9 Å². The quantitative estimate of drug-likeness (QED) is 0.842. The Labute approximate surface area is 104 Å². The summed E-state index contributed by atoms with van der Waals surface area (Å²) >= 11 is 7.19. The van der Waals surface area contributed by atoms with Crippen LogP contribution in [0.5, 0.6) is 0 Å². The Bertz CT molecular complexity index is 393. The number of hydrogen-bond acceptors (Lipinski definition) is 3. The Morgan fingerprint density at radius 3 is 3.31 bits per heavy atom. The molecule has 0 saturated heterocycles. The number of thiophene rings is 1. The van der Waals surface area contributed by atoms with Crippen LogP contribution in [0.15, 0.2) is 11.4 Å². The van der Waals surface area contributed by atoms with Crippen molar-refractivity contribution >= 4 is 28.8 Å². The van der Waals surface area contributed by atoms with E-state index < -0.39 is 5.60 Å². The summed E-state index contributed by atoms with van der Waals surface area (Å²) in [5.41, 5.74) is 0.786. The smallest absolute Gasteiger partial charge is 0.235 e. The van der Waals surface area contributed by atoms with Gasteiger partial charge in [-0.2, -0.15) is 0 Å². The molecule has 16 heavy (non-hydrogen) atoms. The maximum absolute atomic E-state index is 11.2. The van der Waals surface area contributed by atoms with Crippen LogP contribution in [0.25, 0.3) is 0 Å². The van der Waals surface area contributed by atoms with E-state index in [0.717, 1.165) is 6.42 Å². The fourth-order valence-corrected chi connectivity index (χ4v) is 2.99. The first kappa shape index (κ1) is 11.9. The van der Waals surface area contributed by atoms with Crippen LogP contribution in [-0.2, 0) is 21.6 Å². The van der Waals surface area contributed by atoms with Gasteiger partial charge in [-0.1, -0.05) is 0 Å². The van der Waals surface area contributed by atoms with Gasteiger partial charge in [0.1, 0.15) is 11.5 Å². The summed E-state index contributed by atoms with van der Waals surface area (Å²) in [7, 11) is 0. The SMILES string of the molecule is CC1(CNC(=O)CCl)OCCc2sccc21. The molecule has 1 unspecified atom stereocenters. The summed E-state index contributed by atoms with van der Waals surface area (Å²) in [6.45, 7) is 3.19. The number of rotatable bonds is 3. The molecule has 0 fully saturated rings. The van der Waals surface area contributed by atoms with E-state index >= 15 is 0 Å². The van der Waals surface area contributed by atoms with E-state index in [1.54, 1.807) is 11.3 Å². The predicted molar refractivity (Wildman–Crippen MR) is 65.1 cm³/mol. The van der Waals surface area contributed by atoms with Crippen LogP contribution in [0.3, 0.4) is 0 Å². The summed E-state index contributed by atoms with van der Waals surface area (Å²) in [6, 6.07) is 2.08. The van der Waals surface area contributed by atoms with Crippen LogP contribution < -0.4 is 5.32 Å². The number of amides is 1. The van der Waals surface area contributed by atoms with Gasteiger partial charge < -0.3 is 10.1 Å². The lowest BCUT2D eigenvalue weighted by Crippen LogP contribution is -2.43. The van der Waals surface area contributed by atoms with Gasteiger partial charge in [-0.3, -0.25) is 4.79 Å². The number of nitrogens with one attached hydrogen (secondary N) is 1. The first-order valence-electron chi connectivity index (χ1n) is 5.19. The number of fused-ring (bicyclic) bond motifs is 1. The third-order valence-corrected chi connectivity index (χ3v) is 4.03. The van der Waals surface area contributed by atoms with Gasteiger partial charge in [-0.15, -0.1) is 22.9 Å². The molecule has 3 nitrogen and oxygen atoms in total. The minimum atomic E-state index is -0.407. The van der Waals surface area contributed by atoms with Crippen LogP contribution in [0, 0.1) is 0 Å². The van der Waals surface area contributed by atoms with Crippen molar-refractivity contribution in [3.05, 3.63) is 21.9 Å². The molecule has 1 aromatic rings. The molecule has 0 saturated carbocycles. The second kappa shape index (κ2) is 4.73. The van der Waals surface area contributed by atoms with E-state index in [2.05, 4.69) is 16.8 Å². The Kier molecular flexibility index (Phi) is 3.52. The molecule has 1 amide bonds. The molecule has 0 aromatic carbocycles. The van der Waals surface area contributed by atoms with Gasteiger partial charge in [0.05, 0.1) is 13.2 Å². The van der Waals surface area contributed by atoms with E-state index in [4.69, 9.17) is 16.3 Å². The number of alkyl halides is 1. The van der Waals surface area contributed by atoms with Gasteiger partial charge in [-0.05, 0) is 23.9 Å². The molecule has 0 bridgehead atoms. The van der Waals surface area contributed by atoms with E-state index in [1.165, 1.54) is 10.4 Å². The minimum absolute atomic E-state index is 0.00737. The Morgan fingerprint density at radius 2 is 2.56 bits per heavy atom. The highest BCUT2D eigenvalue weighted by Crippen LogP contribution is 2.35. The molecule has 88 valence electrons. The normalized spacial score (nSPS) is 23.9. The van der Waals surface area contributed by atoms with Crippen LogP contribution in [0.4, 0.5) is 0 Å². The molecule has 1 aliphatic heterocycles. The van der Waals surface area contributed by atoms with E-state index in [1.807, 2.05) is 6.92 Å². The Morgan fingerprint density at radius 1 is 1.75 bits per heavy atom. The average molecular weight is 260 g/mol. The lowest BCUT2D eigenvalue weighted by molar-refractivity contribution is -0.121. The summed E-state index contributed by atoms with van der Waals surface area (Å²) in [6.07, 6.45) is 0.964. The molecule has 1 aliphatic rings. The largest absolute Gasteiger partial charge is 0.368 e. The molecule has 1 aromatic heterocycles. The van der Waals surface area contributed by atoms with Gasteiger partial charge in [0, 0.05) is 11.3 Å². The van der Waals surface area contributed by atoms with Crippen LogP contribution >= 0.6 is 22.9 Å². The van der Waals surface area contributed by atoms with Crippen LogP contribution in [-0.4, -0.2) is 24.9 Å². The molecule has 0 spiro atoms. The zero-order valence-electron chi connectivity index (χ0n) is 9.09. The van der Waals surface area contributed by atoms with Crippen molar-refractivity contribution in [1.29, 1.82) is 0 Å². The van der Waals surface area contributed by atoms with Gasteiger partial charge in [0.2, 0.25) is 5.91 Å². The highest BCUT2D eigenvalue weighted by atomic mass is 35.5. The van der Waals surface area contributed by atoms with Gasteiger partial charge >= 0.3 is 0 Å². The van der Waals surface area contributed by atoms with E-state index in [0.29, 0.717) is 13.2 Å². The van der Waals surface area contributed by atoms with Gasteiger partial charge in [0.15, 0.2) is 0 Å². The average Bonchev–Trinajstić information content (AvgIpc) is 2.76. The molecular formula is C11H14ClNO2S. The number of hydrogen-bond donors (Lipinski definition) is 1. The topological polar surface area (TPSA) is 38.3 Å². The first-order chi connectivity index (χ1) is 7.65. The predicted octanol–water partition coefficient (Wildman–Crippen LogP) is 1.89. The lowest BCUT2D eigenvalue weighted by atomic mass is 9.93. The van der Waals surface area contributed by atoms with Crippen molar-refractivity contribution in [3.8, 4) is 0 Å². The van der Waals surface area contributed by atoms with Crippen molar-refractivity contribution in [3.63, 3.8) is 0 Å². The number of carbonyl (C=O) groups excluding carboxylic acids is 1. The van der Waals surface area contributed by atoms with Crippen molar-refractivity contribution < 1.29 is 9.53 Å². The number of carbonyl (C=O) groups is 1. The van der Waals surface area contributed by atoms with Gasteiger partial charge in [0.25, 0.3) is 0 Å². The molecule has 1 N–H and O–H groups in total. The summed E-state index contributed by atoms with van der Waals surface area (Å²) in [5, 5.41) is 4.85. The third-order valence-electron chi connectivity index (χ3n) is 2.81. The standard InChI is InChI=1S/C11H14ClNO2S/c1-11(7-13-10(14)6-12)8-3-5-16-9(8)2-4-15-11/h3,5H,2,4,6-7H2,1H3,(H,13,14). The second-order valence-corrected chi connectivity index (χ2v) is 5.27. The van der Waals surface area contributed by atoms with Crippen LogP contribution in [0.1, 0.15) is 17.4 Å². The number of ether oxygens (including phenoxy) is 1. The maximum Gasteiger partial charge on any atom is 0.235 e. The minimum Gasteiger partial charge on any atom is -0.368 e. The zero-order chi connectivity index (χ0) is 11.6. The Hall–Kier alpha value is -0.580. The van der Waals surface area contributed by atoms with Crippen LogP contribution in [0.2, 0.25) is 0 Å². The summed E-state index contributed by atoms with van der Waals surface area (Å²) in [4.78, 5) is 12.5. The maximum atomic E-state index is 11.2. The first-order valence-corrected chi connectivity index (χ1v) is 6.60. The van der Waals surface area contributed by atoms with E-state index in [-0.39, 0.29) is 11.8 Å². The highest BCUT2D eigenvalue weighted by Gasteiger charge is 2.34. The molecule has 2 heterocycles. The molecule has 0 aliphatic carbocycles. The van der Waals surface area contributed by atoms with E-state index in [9.17, 15) is 4.79 Å². The second-order valence-electron chi connectivity index (χ2n) is 4.00. The van der Waals surface area contributed by atoms with Crippen molar-refractivity contribution in [1.82, 2.24) is 5.32 Å². The number of halogens is 1. The lowest BCUT2D eigenvalue weighted by Gasteiger charge is -2.34. The van der Waals surface area contributed by atoms with Crippen molar-refractivity contribution in [2.75, 3.05) is 19.0 Å². The van der Waals surface area contributed by atoms with Crippen molar-refractivity contribution in [2.24, 2.45) is 0 Å². The molecule has 2 rings (SSSR count). The fourth-order valence-electron chi connectivity index (χ4n) is 1.91. The molecular weight excluding hydrogens is 246 g/mol.